The van der Waals surface area contributed by atoms with Gasteiger partial charge >= 0.3 is 0 Å². The topological polar surface area (TPSA) is 37.3 Å². The lowest BCUT2D eigenvalue weighted by Crippen LogP contribution is -2.31. The summed E-state index contributed by atoms with van der Waals surface area (Å²) in [6, 6.07) is 5.71. The van der Waals surface area contributed by atoms with E-state index in [2.05, 4.69) is 48.5 Å². The van der Waals surface area contributed by atoms with Crippen LogP contribution in [0.5, 0.6) is 5.75 Å². The van der Waals surface area contributed by atoms with Crippen molar-refractivity contribution in [3.8, 4) is 5.75 Å². The van der Waals surface area contributed by atoms with Gasteiger partial charge in [0.25, 0.3) is 0 Å². The van der Waals surface area contributed by atoms with Crippen LogP contribution in [-0.2, 0) is 10.2 Å². The molecule has 0 bridgehead atoms. The lowest BCUT2D eigenvalue weighted by Gasteiger charge is -2.34. The van der Waals surface area contributed by atoms with E-state index in [1.807, 2.05) is 18.2 Å². The first-order valence-corrected chi connectivity index (χ1v) is 8.19. The maximum atomic E-state index is 12.5. The van der Waals surface area contributed by atoms with Crippen LogP contribution >= 0.6 is 0 Å². The van der Waals surface area contributed by atoms with Crippen molar-refractivity contribution >= 4 is 11.4 Å². The molecule has 23 heavy (non-hydrogen) atoms. The molecule has 0 heterocycles. The Balaban J connectivity index is 2.67. The lowest BCUT2D eigenvalue weighted by atomic mass is 9.68. The number of allylic oxidation sites excluding steroid dienone is 4. The summed E-state index contributed by atoms with van der Waals surface area (Å²) in [7, 11) is 0. The van der Waals surface area contributed by atoms with Crippen molar-refractivity contribution < 1.29 is 9.90 Å². The Morgan fingerprint density at radius 1 is 1.00 bits per heavy atom. The highest BCUT2D eigenvalue weighted by Gasteiger charge is 2.36. The number of hydrogen-bond acceptors (Lipinski definition) is 2. The summed E-state index contributed by atoms with van der Waals surface area (Å²) in [6.07, 6.45) is 3.60. The summed E-state index contributed by atoms with van der Waals surface area (Å²) in [6.45, 7) is 14.6. The molecule has 1 N–H and O–H groups in total. The highest BCUT2D eigenvalue weighted by Crippen LogP contribution is 2.44. The Morgan fingerprint density at radius 3 is 2.13 bits per heavy atom. The predicted octanol–water partition coefficient (Wildman–Crippen LogP) is 5.26. The molecule has 0 aromatic heterocycles. The Labute approximate surface area is 139 Å². The molecule has 0 saturated heterocycles. The van der Waals surface area contributed by atoms with E-state index in [0.717, 1.165) is 22.3 Å². The number of ketones is 1. The summed E-state index contributed by atoms with van der Waals surface area (Å²) >= 11 is 0. The van der Waals surface area contributed by atoms with Gasteiger partial charge in [0.2, 0.25) is 0 Å². The summed E-state index contributed by atoms with van der Waals surface area (Å²) in [5, 5.41) is 10.2. The highest BCUT2D eigenvalue weighted by atomic mass is 16.3. The maximum absolute atomic E-state index is 12.5. The standard InChI is InChI=1S/C21H28O2/c1-13-8-10-17(23)19(21(5,6)7)18(13)14-9-11-16(22)15(12-14)20(2,3)4/h8-12,19,22H,1-7H3. The van der Waals surface area contributed by atoms with Crippen LogP contribution in [0.15, 0.2) is 35.9 Å². The summed E-state index contributed by atoms with van der Waals surface area (Å²) in [5.41, 5.74) is 3.83. The number of phenols is 1. The predicted molar refractivity (Wildman–Crippen MR) is 96.5 cm³/mol. The number of benzene rings is 1. The molecule has 124 valence electrons. The molecule has 1 aliphatic carbocycles. The van der Waals surface area contributed by atoms with Crippen LogP contribution in [0.25, 0.3) is 5.57 Å². The minimum Gasteiger partial charge on any atom is -0.508 e. The molecule has 0 spiro atoms. The zero-order valence-corrected chi connectivity index (χ0v) is 15.3. The van der Waals surface area contributed by atoms with Gasteiger partial charge in [-0.2, -0.15) is 0 Å². The largest absolute Gasteiger partial charge is 0.508 e. The van der Waals surface area contributed by atoms with Gasteiger partial charge in [0.1, 0.15) is 5.75 Å². The van der Waals surface area contributed by atoms with Crippen LogP contribution in [0.4, 0.5) is 0 Å². The molecule has 0 fully saturated rings. The molecule has 2 rings (SSSR count). The second kappa shape index (κ2) is 5.67. The van der Waals surface area contributed by atoms with E-state index in [4.69, 9.17) is 0 Å². The third kappa shape index (κ3) is 3.41. The number of aromatic hydroxyl groups is 1. The van der Waals surface area contributed by atoms with Gasteiger partial charge in [0, 0.05) is 0 Å². The summed E-state index contributed by atoms with van der Waals surface area (Å²) in [4.78, 5) is 12.5. The minimum absolute atomic E-state index is 0.152. The number of carbonyl (C=O) groups is 1. The molecule has 0 aliphatic heterocycles. The van der Waals surface area contributed by atoms with Crippen molar-refractivity contribution in [1.29, 1.82) is 0 Å². The van der Waals surface area contributed by atoms with Crippen molar-refractivity contribution in [3.63, 3.8) is 0 Å². The summed E-state index contributed by atoms with van der Waals surface area (Å²) in [5.74, 6) is 0.304. The number of rotatable bonds is 1. The van der Waals surface area contributed by atoms with Gasteiger partial charge in [-0.1, -0.05) is 53.7 Å². The van der Waals surface area contributed by atoms with E-state index in [9.17, 15) is 9.90 Å². The molecule has 1 atom stereocenters. The highest BCUT2D eigenvalue weighted by molar-refractivity contribution is 6.04. The SMILES string of the molecule is CC1=C(c2ccc(O)c(C(C)(C)C)c2)C(C(C)(C)C)C(=O)C=C1. The Kier molecular flexibility index (Phi) is 4.32. The van der Waals surface area contributed by atoms with Gasteiger partial charge in [0.15, 0.2) is 5.78 Å². The second-order valence-electron chi connectivity index (χ2n) is 8.61. The molecule has 2 nitrogen and oxygen atoms in total. The first-order valence-electron chi connectivity index (χ1n) is 8.19. The molecule has 2 heteroatoms. The van der Waals surface area contributed by atoms with E-state index >= 15 is 0 Å². The van der Waals surface area contributed by atoms with Gasteiger partial charge in [-0.05, 0) is 58.2 Å². The molecule has 1 aromatic rings. The first kappa shape index (κ1) is 17.5. The summed E-state index contributed by atoms with van der Waals surface area (Å²) < 4.78 is 0. The van der Waals surface area contributed by atoms with E-state index in [1.165, 1.54) is 0 Å². The zero-order valence-electron chi connectivity index (χ0n) is 15.3. The Morgan fingerprint density at radius 2 is 1.61 bits per heavy atom. The van der Waals surface area contributed by atoms with Crippen molar-refractivity contribution in [2.45, 2.75) is 53.9 Å². The third-order valence-electron chi connectivity index (χ3n) is 4.48. The maximum Gasteiger partial charge on any atom is 0.163 e. The van der Waals surface area contributed by atoms with Gasteiger partial charge in [-0.25, -0.2) is 0 Å². The van der Waals surface area contributed by atoms with Crippen molar-refractivity contribution in [2.75, 3.05) is 0 Å². The fourth-order valence-corrected chi connectivity index (χ4v) is 3.32. The average Bonchev–Trinajstić information content (AvgIpc) is 2.39. The quantitative estimate of drug-likeness (QED) is 0.767. The molecular weight excluding hydrogens is 284 g/mol. The zero-order chi connectivity index (χ0) is 17.6. The van der Waals surface area contributed by atoms with Crippen molar-refractivity contribution in [2.24, 2.45) is 11.3 Å². The average molecular weight is 312 g/mol. The van der Waals surface area contributed by atoms with Crippen LogP contribution in [-0.4, -0.2) is 10.9 Å². The van der Waals surface area contributed by atoms with Crippen LogP contribution < -0.4 is 0 Å². The van der Waals surface area contributed by atoms with Crippen molar-refractivity contribution in [1.82, 2.24) is 0 Å². The fraction of sp³-hybridized carbons (Fsp3) is 0.476. The van der Waals surface area contributed by atoms with Crippen LogP contribution in [0.3, 0.4) is 0 Å². The van der Waals surface area contributed by atoms with Gasteiger partial charge < -0.3 is 5.11 Å². The van der Waals surface area contributed by atoms with Crippen LogP contribution in [0.1, 0.15) is 59.6 Å². The minimum atomic E-state index is -0.162. The third-order valence-corrected chi connectivity index (χ3v) is 4.48. The molecular formula is C21H28O2. The van der Waals surface area contributed by atoms with E-state index in [-0.39, 0.29) is 22.5 Å². The number of hydrogen-bond donors (Lipinski definition) is 1. The van der Waals surface area contributed by atoms with E-state index < -0.39 is 0 Å². The monoisotopic (exact) mass is 312 g/mol. The Hall–Kier alpha value is -1.83. The number of carbonyl (C=O) groups excluding carboxylic acids is 1. The Bertz CT molecular complexity index is 692. The molecule has 1 unspecified atom stereocenters. The normalized spacial score (nSPS) is 19.4. The molecule has 1 aliphatic rings. The molecule has 0 radical (unpaired) electrons. The number of phenolic OH excluding ortho intramolecular Hbond substituents is 1. The van der Waals surface area contributed by atoms with Gasteiger partial charge in [-0.3, -0.25) is 4.79 Å². The molecule has 0 saturated carbocycles. The van der Waals surface area contributed by atoms with Crippen LogP contribution in [0, 0.1) is 11.3 Å². The molecule has 1 aromatic carbocycles. The molecule has 0 amide bonds. The smallest absolute Gasteiger partial charge is 0.163 e. The van der Waals surface area contributed by atoms with E-state index in [0.29, 0.717) is 5.75 Å². The van der Waals surface area contributed by atoms with Crippen LogP contribution in [0.2, 0.25) is 0 Å². The fourth-order valence-electron chi connectivity index (χ4n) is 3.32. The van der Waals surface area contributed by atoms with Gasteiger partial charge in [0.05, 0.1) is 5.92 Å². The van der Waals surface area contributed by atoms with E-state index in [1.54, 1.807) is 12.1 Å². The van der Waals surface area contributed by atoms with Crippen molar-refractivity contribution in [3.05, 3.63) is 47.1 Å². The lowest BCUT2D eigenvalue weighted by molar-refractivity contribution is -0.119. The first-order chi connectivity index (χ1) is 10.4. The van der Waals surface area contributed by atoms with Gasteiger partial charge in [-0.15, -0.1) is 0 Å². The second-order valence-corrected chi connectivity index (χ2v) is 8.61.